The summed E-state index contributed by atoms with van der Waals surface area (Å²) in [5.41, 5.74) is 0.978. The molecule has 0 rings (SSSR count). The maximum Gasteiger partial charge on any atom is 0.146 e. The molecule has 0 radical (unpaired) electrons. The van der Waals surface area contributed by atoms with Gasteiger partial charge in [-0.3, -0.25) is 0 Å². The van der Waals surface area contributed by atoms with Crippen molar-refractivity contribution in [2.45, 2.75) is 33.6 Å². The van der Waals surface area contributed by atoms with E-state index in [4.69, 9.17) is 5.11 Å². The molecule has 0 amide bonds. The molecule has 0 unspecified atom stereocenters. The Morgan fingerprint density at radius 2 is 1.91 bits per heavy atom. The van der Waals surface area contributed by atoms with Gasteiger partial charge in [0.15, 0.2) is 0 Å². The van der Waals surface area contributed by atoms with Crippen molar-refractivity contribution < 1.29 is 9.50 Å². The number of halogens is 1. The van der Waals surface area contributed by atoms with E-state index in [0.717, 1.165) is 12.0 Å². The van der Waals surface area contributed by atoms with E-state index < -0.39 is 5.83 Å². The molecule has 0 bridgehead atoms. The maximum atomic E-state index is 12.6. The van der Waals surface area contributed by atoms with Crippen molar-refractivity contribution in [3.05, 3.63) is 23.2 Å². The van der Waals surface area contributed by atoms with Gasteiger partial charge in [-0.1, -0.05) is 19.4 Å². The van der Waals surface area contributed by atoms with Crippen LogP contribution >= 0.6 is 0 Å². The van der Waals surface area contributed by atoms with Crippen LogP contribution in [0.25, 0.3) is 0 Å². The number of aliphatic hydroxyl groups excluding tert-OH is 1. The minimum Gasteiger partial charge on any atom is -0.505 e. The van der Waals surface area contributed by atoms with Crippen LogP contribution in [-0.2, 0) is 0 Å². The lowest BCUT2D eigenvalue weighted by molar-refractivity contribution is 0.393. The minimum atomic E-state index is -0.446. The Morgan fingerprint density at radius 3 is 2.27 bits per heavy atom. The number of hydrogen-bond acceptors (Lipinski definition) is 1. The van der Waals surface area contributed by atoms with Gasteiger partial charge in [-0.15, -0.1) is 0 Å². The van der Waals surface area contributed by atoms with Crippen molar-refractivity contribution in [1.82, 2.24) is 0 Å². The summed E-state index contributed by atoms with van der Waals surface area (Å²) in [5.74, 6) is -0.676. The Hall–Kier alpha value is -0.790. The van der Waals surface area contributed by atoms with Crippen LogP contribution in [0.5, 0.6) is 0 Å². The van der Waals surface area contributed by atoms with Crippen LogP contribution in [-0.4, -0.2) is 5.11 Å². The van der Waals surface area contributed by atoms with Crippen molar-refractivity contribution in [3.8, 4) is 0 Å². The van der Waals surface area contributed by atoms with Gasteiger partial charge in [-0.05, 0) is 19.4 Å². The minimum absolute atomic E-state index is 0.230. The zero-order valence-corrected chi connectivity index (χ0v) is 7.32. The predicted octanol–water partition coefficient (Wildman–Crippen LogP) is 3.49. The van der Waals surface area contributed by atoms with E-state index >= 15 is 0 Å². The van der Waals surface area contributed by atoms with Crippen molar-refractivity contribution in [1.29, 1.82) is 0 Å². The second-order valence-electron chi connectivity index (χ2n) is 2.49. The second-order valence-corrected chi connectivity index (χ2v) is 2.49. The zero-order valence-electron chi connectivity index (χ0n) is 7.32. The Kier molecular flexibility index (Phi) is 4.59. The summed E-state index contributed by atoms with van der Waals surface area (Å²) in [5, 5.41) is 9.05. The molecule has 0 fully saturated rings. The third kappa shape index (κ3) is 3.81. The summed E-state index contributed by atoms with van der Waals surface area (Å²) in [6.07, 6.45) is 2.55. The summed E-state index contributed by atoms with van der Waals surface area (Å²) in [7, 11) is 0. The van der Waals surface area contributed by atoms with Crippen LogP contribution in [0.4, 0.5) is 4.39 Å². The molecule has 1 nitrogen and oxygen atoms in total. The average molecular weight is 158 g/mol. The quantitative estimate of drug-likeness (QED) is 0.492. The summed E-state index contributed by atoms with van der Waals surface area (Å²) < 4.78 is 12.6. The zero-order chi connectivity index (χ0) is 8.85. The molecule has 0 aliphatic rings. The first-order valence-electron chi connectivity index (χ1n) is 3.86. The summed E-state index contributed by atoms with van der Waals surface area (Å²) in [4.78, 5) is 0. The first-order valence-corrected chi connectivity index (χ1v) is 3.86. The van der Waals surface area contributed by atoms with Crippen LogP contribution in [0.1, 0.15) is 33.6 Å². The Labute approximate surface area is 67.2 Å². The highest BCUT2D eigenvalue weighted by Gasteiger charge is 1.98. The SMILES string of the molecule is CC/C(F)=C(O)\C=C(/C)CC. The molecular formula is C9H15FO. The van der Waals surface area contributed by atoms with E-state index in [-0.39, 0.29) is 12.2 Å². The van der Waals surface area contributed by atoms with Gasteiger partial charge in [-0.25, -0.2) is 4.39 Å². The summed E-state index contributed by atoms with van der Waals surface area (Å²) in [6, 6.07) is 0. The topological polar surface area (TPSA) is 20.2 Å². The first-order chi connectivity index (χ1) is 5.11. The monoisotopic (exact) mass is 158 g/mol. The van der Waals surface area contributed by atoms with E-state index in [2.05, 4.69) is 0 Å². The Morgan fingerprint density at radius 1 is 1.36 bits per heavy atom. The van der Waals surface area contributed by atoms with E-state index in [9.17, 15) is 4.39 Å². The van der Waals surface area contributed by atoms with Gasteiger partial charge in [0.1, 0.15) is 11.6 Å². The molecule has 0 aromatic heterocycles. The van der Waals surface area contributed by atoms with Gasteiger partial charge in [0.05, 0.1) is 0 Å². The molecule has 64 valence electrons. The molecule has 0 saturated carbocycles. The maximum absolute atomic E-state index is 12.6. The van der Waals surface area contributed by atoms with Gasteiger partial charge in [0, 0.05) is 6.42 Å². The van der Waals surface area contributed by atoms with Crippen molar-refractivity contribution in [2.24, 2.45) is 0 Å². The van der Waals surface area contributed by atoms with E-state index in [1.807, 2.05) is 13.8 Å². The van der Waals surface area contributed by atoms with Crippen LogP contribution in [0.15, 0.2) is 23.2 Å². The fraction of sp³-hybridized carbons (Fsp3) is 0.556. The van der Waals surface area contributed by atoms with E-state index in [0.29, 0.717) is 0 Å². The number of aliphatic hydroxyl groups is 1. The smallest absolute Gasteiger partial charge is 0.146 e. The lowest BCUT2D eigenvalue weighted by atomic mass is 10.2. The molecule has 0 aromatic carbocycles. The first kappa shape index (κ1) is 10.2. The van der Waals surface area contributed by atoms with Gasteiger partial charge in [0.25, 0.3) is 0 Å². The third-order valence-electron chi connectivity index (χ3n) is 1.53. The van der Waals surface area contributed by atoms with Crippen LogP contribution in [0, 0.1) is 0 Å². The number of hydrogen-bond donors (Lipinski definition) is 1. The number of allylic oxidation sites excluding steroid dienone is 3. The fourth-order valence-electron chi connectivity index (χ4n) is 0.595. The molecule has 0 spiro atoms. The van der Waals surface area contributed by atoms with Gasteiger partial charge in [-0.2, -0.15) is 0 Å². The molecule has 0 aromatic rings. The summed E-state index contributed by atoms with van der Waals surface area (Å²) in [6.45, 7) is 5.49. The molecule has 0 aliphatic heterocycles. The van der Waals surface area contributed by atoms with Crippen molar-refractivity contribution in [3.63, 3.8) is 0 Å². The average Bonchev–Trinajstić information content (AvgIpc) is 2.02. The Bertz CT molecular complexity index is 180. The number of rotatable bonds is 3. The van der Waals surface area contributed by atoms with E-state index in [1.165, 1.54) is 6.08 Å². The molecule has 0 aliphatic carbocycles. The van der Waals surface area contributed by atoms with Crippen LogP contribution < -0.4 is 0 Å². The second kappa shape index (κ2) is 4.94. The molecule has 2 heteroatoms. The van der Waals surface area contributed by atoms with E-state index in [1.54, 1.807) is 6.92 Å². The van der Waals surface area contributed by atoms with Gasteiger partial charge < -0.3 is 5.11 Å². The largest absolute Gasteiger partial charge is 0.505 e. The standard InChI is InChI=1S/C9H15FO/c1-4-7(3)6-9(11)8(10)5-2/h6,11H,4-5H2,1-3H3/b7-6+,9-8-. The van der Waals surface area contributed by atoms with Gasteiger partial charge >= 0.3 is 0 Å². The molecule has 11 heavy (non-hydrogen) atoms. The fourth-order valence-corrected chi connectivity index (χ4v) is 0.595. The molecular weight excluding hydrogens is 143 g/mol. The Balaban J connectivity index is 4.37. The third-order valence-corrected chi connectivity index (χ3v) is 1.53. The van der Waals surface area contributed by atoms with Crippen LogP contribution in [0.3, 0.4) is 0 Å². The van der Waals surface area contributed by atoms with Crippen molar-refractivity contribution in [2.75, 3.05) is 0 Å². The normalized spacial score (nSPS) is 14.7. The molecule has 1 N–H and O–H groups in total. The molecule has 0 heterocycles. The highest BCUT2D eigenvalue weighted by atomic mass is 19.1. The van der Waals surface area contributed by atoms with Crippen molar-refractivity contribution >= 4 is 0 Å². The highest BCUT2D eigenvalue weighted by molar-refractivity contribution is 5.18. The summed E-state index contributed by atoms with van der Waals surface area (Å²) >= 11 is 0. The lowest BCUT2D eigenvalue weighted by Crippen LogP contribution is -1.82. The predicted molar refractivity (Wildman–Crippen MR) is 45.1 cm³/mol. The van der Waals surface area contributed by atoms with Crippen LogP contribution in [0.2, 0.25) is 0 Å². The highest BCUT2D eigenvalue weighted by Crippen LogP contribution is 2.11. The molecule has 0 atom stereocenters. The molecule has 0 saturated heterocycles. The van der Waals surface area contributed by atoms with Gasteiger partial charge in [0.2, 0.25) is 0 Å². The lowest BCUT2D eigenvalue weighted by Gasteiger charge is -1.96.